The standard InChI is InChI=1S/C15H27N3O.ClH/c1-17-8-3-5-13-11-18(9-6-14(13)17)15(19)12-4-2-7-16-10-12;/h12-14,16H,2-11H2,1H3;1H/t12-,13?,14?;/m1./s1. The van der Waals surface area contributed by atoms with Crippen LogP contribution in [0.3, 0.4) is 0 Å². The van der Waals surface area contributed by atoms with Crippen molar-refractivity contribution in [2.75, 3.05) is 39.8 Å². The number of nitrogens with zero attached hydrogens (tertiary/aromatic N) is 2. The molecule has 5 heteroatoms. The van der Waals surface area contributed by atoms with E-state index < -0.39 is 0 Å². The smallest absolute Gasteiger partial charge is 0.226 e. The second-order valence-corrected chi connectivity index (χ2v) is 6.57. The van der Waals surface area contributed by atoms with Gasteiger partial charge >= 0.3 is 0 Å². The van der Waals surface area contributed by atoms with E-state index in [1.54, 1.807) is 0 Å². The third-order valence-corrected chi connectivity index (χ3v) is 5.30. The number of hydrogen-bond donors (Lipinski definition) is 1. The van der Waals surface area contributed by atoms with E-state index in [4.69, 9.17) is 0 Å². The first kappa shape index (κ1) is 16.1. The quantitative estimate of drug-likeness (QED) is 0.794. The zero-order chi connectivity index (χ0) is 13.2. The Labute approximate surface area is 128 Å². The molecule has 3 atom stereocenters. The van der Waals surface area contributed by atoms with Gasteiger partial charge in [-0.05, 0) is 58.2 Å². The summed E-state index contributed by atoms with van der Waals surface area (Å²) in [5.74, 6) is 1.37. The number of halogens is 1. The number of piperidine rings is 3. The lowest BCUT2D eigenvalue weighted by Crippen LogP contribution is -2.55. The molecule has 3 aliphatic rings. The Balaban J connectivity index is 0.00000147. The maximum atomic E-state index is 12.6. The molecular weight excluding hydrogens is 274 g/mol. The molecular formula is C15H28ClN3O. The molecule has 0 spiro atoms. The molecule has 3 aliphatic heterocycles. The summed E-state index contributed by atoms with van der Waals surface area (Å²) in [6.45, 7) is 5.19. The largest absolute Gasteiger partial charge is 0.342 e. The van der Waals surface area contributed by atoms with Gasteiger partial charge in [0.25, 0.3) is 0 Å². The van der Waals surface area contributed by atoms with E-state index in [0.29, 0.717) is 11.8 Å². The molecule has 0 aromatic carbocycles. The van der Waals surface area contributed by atoms with Crippen LogP contribution in [-0.2, 0) is 4.79 Å². The zero-order valence-corrected chi connectivity index (χ0v) is 13.3. The van der Waals surface area contributed by atoms with Crippen LogP contribution in [0.2, 0.25) is 0 Å². The van der Waals surface area contributed by atoms with Gasteiger partial charge in [0.05, 0.1) is 5.92 Å². The summed E-state index contributed by atoms with van der Waals surface area (Å²) in [4.78, 5) is 17.3. The van der Waals surface area contributed by atoms with Crippen LogP contribution in [-0.4, -0.2) is 61.5 Å². The third-order valence-electron chi connectivity index (χ3n) is 5.30. The van der Waals surface area contributed by atoms with Gasteiger partial charge in [-0.2, -0.15) is 0 Å². The molecule has 3 heterocycles. The maximum Gasteiger partial charge on any atom is 0.226 e. The van der Waals surface area contributed by atoms with Crippen molar-refractivity contribution in [3.63, 3.8) is 0 Å². The number of rotatable bonds is 1. The van der Waals surface area contributed by atoms with E-state index in [2.05, 4.69) is 22.2 Å². The second-order valence-electron chi connectivity index (χ2n) is 6.57. The normalized spacial score (nSPS) is 35.0. The third kappa shape index (κ3) is 3.29. The first-order valence-electron chi connectivity index (χ1n) is 7.95. The Morgan fingerprint density at radius 2 is 2.00 bits per heavy atom. The average Bonchev–Trinajstić information content (AvgIpc) is 2.47. The molecule has 0 aliphatic carbocycles. The minimum Gasteiger partial charge on any atom is -0.342 e. The first-order chi connectivity index (χ1) is 9.25. The lowest BCUT2D eigenvalue weighted by molar-refractivity contribution is -0.139. The summed E-state index contributed by atoms with van der Waals surface area (Å²) < 4.78 is 0. The Kier molecular flexibility index (Phi) is 5.70. The number of amides is 1. The first-order valence-corrected chi connectivity index (χ1v) is 7.95. The van der Waals surface area contributed by atoms with Crippen LogP contribution >= 0.6 is 12.4 Å². The van der Waals surface area contributed by atoms with Crippen LogP contribution in [0.1, 0.15) is 32.1 Å². The van der Waals surface area contributed by atoms with Crippen molar-refractivity contribution in [1.29, 1.82) is 0 Å². The molecule has 0 saturated carbocycles. The number of likely N-dealkylation sites (tertiary alicyclic amines) is 2. The molecule has 3 fully saturated rings. The molecule has 4 nitrogen and oxygen atoms in total. The Morgan fingerprint density at radius 1 is 1.15 bits per heavy atom. The Bertz CT molecular complexity index is 333. The molecule has 1 N–H and O–H groups in total. The molecule has 0 radical (unpaired) electrons. The van der Waals surface area contributed by atoms with Crippen LogP contribution < -0.4 is 5.32 Å². The van der Waals surface area contributed by atoms with Crippen LogP contribution in [0.15, 0.2) is 0 Å². The van der Waals surface area contributed by atoms with Crippen molar-refractivity contribution in [3.8, 4) is 0 Å². The molecule has 1 amide bonds. The topological polar surface area (TPSA) is 35.6 Å². The van der Waals surface area contributed by atoms with Gasteiger partial charge in [0.2, 0.25) is 5.91 Å². The van der Waals surface area contributed by atoms with Crippen molar-refractivity contribution in [3.05, 3.63) is 0 Å². The minimum atomic E-state index is 0. The number of carbonyl (C=O) groups is 1. The zero-order valence-electron chi connectivity index (χ0n) is 12.5. The van der Waals surface area contributed by atoms with Crippen molar-refractivity contribution in [1.82, 2.24) is 15.1 Å². The van der Waals surface area contributed by atoms with Crippen LogP contribution in [0.25, 0.3) is 0 Å². The van der Waals surface area contributed by atoms with E-state index in [1.165, 1.54) is 25.8 Å². The van der Waals surface area contributed by atoms with E-state index in [1.807, 2.05) is 0 Å². The summed E-state index contributed by atoms with van der Waals surface area (Å²) in [5.41, 5.74) is 0. The van der Waals surface area contributed by atoms with E-state index in [-0.39, 0.29) is 18.3 Å². The molecule has 3 saturated heterocycles. The lowest BCUT2D eigenvalue weighted by Gasteiger charge is -2.46. The molecule has 0 bridgehead atoms. The second kappa shape index (κ2) is 7.10. The van der Waals surface area contributed by atoms with Gasteiger partial charge in [0.1, 0.15) is 0 Å². The lowest BCUT2D eigenvalue weighted by atomic mass is 9.83. The Hall–Kier alpha value is -0.320. The number of hydrogen-bond acceptors (Lipinski definition) is 3. The average molecular weight is 302 g/mol. The highest BCUT2D eigenvalue weighted by molar-refractivity contribution is 5.85. The highest BCUT2D eigenvalue weighted by Crippen LogP contribution is 2.30. The summed E-state index contributed by atoms with van der Waals surface area (Å²) in [7, 11) is 2.25. The summed E-state index contributed by atoms with van der Waals surface area (Å²) >= 11 is 0. The van der Waals surface area contributed by atoms with Gasteiger partial charge in [-0.25, -0.2) is 0 Å². The predicted octanol–water partition coefficient (Wildman–Crippen LogP) is 1.35. The van der Waals surface area contributed by atoms with E-state index >= 15 is 0 Å². The molecule has 3 rings (SSSR count). The van der Waals surface area contributed by atoms with Gasteiger partial charge in [0, 0.05) is 25.7 Å². The van der Waals surface area contributed by atoms with Gasteiger partial charge < -0.3 is 15.1 Å². The summed E-state index contributed by atoms with van der Waals surface area (Å²) in [5, 5.41) is 3.36. The van der Waals surface area contributed by atoms with Crippen LogP contribution in [0.4, 0.5) is 0 Å². The number of carbonyl (C=O) groups excluding carboxylic acids is 1. The molecule has 0 aromatic heterocycles. The van der Waals surface area contributed by atoms with E-state index in [0.717, 1.165) is 45.1 Å². The fraction of sp³-hybridized carbons (Fsp3) is 0.933. The van der Waals surface area contributed by atoms with Crippen molar-refractivity contribution in [2.45, 2.75) is 38.1 Å². The van der Waals surface area contributed by atoms with Gasteiger partial charge in [-0.3, -0.25) is 4.79 Å². The molecule has 2 unspecified atom stereocenters. The van der Waals surface area contributed by atoms with Crippen LogP contribution in [0, 0.1) is 11.8 Å². The molecule has 20 heavy (non-hydrogen) atoms. The van der Waals surface area contributed by atoms with Gasteiger partial charge in [0.15, 0.2) is 0 Å². The molecule has 0 aromatic rings. The van der Waals surface area contributed by atoms with Gasteiger partial charge in [-0.15, -0.1) is 12.4 Å². The van der Waals surface area contributed by atoms with Crippen molar-refractivity contribution in [2.24, 2.45) is 11.8 Å². The highest BCUT2D eigenvalue weighted by atomic mass is 35.5. The number of fused-ring (bicyclic) bond motifs is 1. The van der Waals surface area contributed by atoms with Crippen molar-refractivity contribution >= 4 is 18.3 Å². The number of nitrogens with one attached hydrogen (secondary N) is 1. The van der Waals surface area contributed by atoms with E-state index in [9.17, 15) is 4.79 Å². The highest BCUT2D eigenvalue weighted by Gasteiger charge is 2.37. The Morgan fingerprint density at radius 3 is 2.75 bits per heavy atom. The van der Waals surface area contributed by atoms with Gasteiger partial charge in [-0.1, -0.05) is 0 Å². The summed E-state index contributed by atoms with van der Waals surface area (Å²) in [6.07, 6.45) is 6.01. The maximum absolute atomic E-state index is 12.6. The van der Waals surface area contributed by atoms with Crippen molar-refractivity contribution < 1.29 is 4.79 Å². The predicted molar refractivity (Wildman–Crippen MR) is 83.2 cm³/mol. The fourth-order valence-corrected chi connectivity index (χ4v) is 4.17. The SMILES string of the molecule is CN1CCCC2CN(C(=O)[C@@H]3CCCNC3)CCC21.Cl. The minimum absolute atomic E-state index is 0. The summed E-state index contributed by atoms with van der Waals surface area (Å²) in [6, 6.07) is 0.724. The fourth-order valence-electron chi connectivity index (χ4n) is 4.17. The van der Waals surface area contributed by atoms with Crippen LogP contribution in [0.5, 0.6) is 0 Å². The molecule has 116 valence electrons. The monoisotopic (exact) mass is 301 g/mol.